The van der Waals surface area contributed by atoms with Gasteiger partial charge in [0.15, 0.2) is 21.3 Å². The first-order valence-electron chi connectivity index (χ1n) is 36.0. The molecule has 4 heterocycles. The molecule has 5 atom stereocenters. The Labute approximate surface area is 592 Å². The van der Waals surface area contributed by atoms with Crippen molar-refractivity contribution in [2.24, 2.45) is 5.92 Å². The van der Waals surface area contributed by atoms with Gasteiger partial charge in [0, 0.05) is 88.2 Å². The fraction of sp³-hybridized carbons (Fsp3) is 0.595. The van der Waals surface area contributed by atoms with Crippen LogP contribution < -0.4 is 30.7 Å². The minimum atomic E-state index is -3.13. The number of rotatable bonds is 38. The Morgan fingerprint density at radius 3 is 2.00 bits per heavy atom. The van der Waals surface area contributed by atoms with Gasteiger partial charge in [0.2, 0.25) is 23.6 Å². The predicted octanol–water partition coefficient (Wildman–Crippen LogP) is 5.92. The molecule has 101 heavy (non-hydrogen) atoms. The normalized spacial score (nSPS) is 19.7. The average molecular weight is 1430 g/mol. The number of likely N-dealkylation sites (N-methyl/N-ethyl adjacent to an activating group) is 1. The van der Waals surface area contributed by atoms with Crippen LogP contribution in [-0.4, -0.2) is 256 Å². The number of carbonyl (C=O) groups excluding carboxylic acids is 4. The number of halogens is 2. The van der Waals surface area contributed by atoms with Crippen LogP contribution in [0.2, 0.25) is 0 Å². The Bertz CT molecular complexity index is 3590. The Hall–Kier alpha value is -6.89. The number of fused-ring (bicyclic) bond motifs is 2. The molecular weight excluding hydrogens is 1320 g/mol. The minimum absolute atomic E-state index is 0.0209. The van der Waals surface area contributed by atoms with Crippen molar-refractivity contribution < 1.29 is 74.3 Å². The molecule has 3 aliphatic heterocycles. The molecule has 4 N–H and O–H groups in total. The summed E-state index contributed by atoms with van der Waals surface area (Å²) in [5, 5.41) is 12.3. The van der Waals surface area contributed by atoms with Crippen LogP contribution in [0.3, 0.4) is 0 Å². The fourth-order valence-electron chi connectivity index (χ4n) is 13.9. The summed E-state index contributed by atoms with van der Waals surface area (Å²) >= 11 is 0. The lowest BCUT2D eigenvalue weighted by molar-refractivity contribution is -0.143. The van der Waals surface area contributed by atoms with Gasteiger partial charge in [0.1, 0.15) is 30.3 Å². The number of ether oxygens (including phenoxy) is 8. The highest BCUT2D eigenvalue weighted by atomic mass is 32.2. The van der Waals surface area contributed by atoms with Gasteiger partial charge in [-0.25, -0.2) is 22.2 Å². The number of hydrogen-bond donors (Lipinski definition) is 4. The number of hydrogen-bond acceptors (Lipinski definition) is 20. The van der Waals surface area contributed by atoms with E-state index in [9.17, 15) is 27.6 Å². The van der Waals surface area contributed by atoms with Gasteiger partial charge in [0.05, 0.1) is 133 Å². The zero-order chi connectivity index (χ0) is 70.9. The van der Waals surface area contributed by atoms with Crippen molar-refractivity contribution in [3.8, 4) is 33.9 Å². The smallest absolute Gasteiger partial charge is 0.246 e. The molecule has 27 heteroatoms. The molecule has 5 unspecified atom stereocenters. The molecule has 5 aromatic rings. The van der Waals surface area contributed by atoms with Gasteiger partial charge in [-0.1, -0.05) is 55.7 Å². The summed E-state index contributed by atoms with van der Waals surface area (Å²) in [6, 6.07) is 18.8. The van der Waals surface area contributed by atoms with Crippen molar-refractivity contribution >= 4 is 44.5 Å². The van der Waals surface area contributed by atoms with E-state index >= 15 is 8.78 Å². The number of aryl methyl sites for hydroxylation is 1. The molecule has 552 valence electrons. The van der Waals surface area contributed by atoms with E-state index < -0.39 is 45.6 Å². The van der Waals surface area contributed by atoms with Crippen molar-refractivity contribution in [2.75, 3.05) is 170 Å². The quantitative estimate of drug-likeness (QED) is 0.0334. The first-order chi connectivity index (χ1) is 49.1. The largest absolute Gasteiger partial charge is 0.493 e. The van der Waals surface area contributed by atoms with Gasteiger partial charge >= 0.3 is 0 Å². The molecule has 0 radical (unpaired) electrons. The van der Waals surface area contributed by atoms with Crippen molar-refractivity contribution in [3.05, 3.63) is 107 Å². The summed E-state index contributed by atoms with van der Waals surface area (Å²) in [5.41, 5.74) is 5.36. The molecule has 24 nitrogen and oxygen atoms in total. The summed E-state index contributed by atoms with van der Waals surface area (Å²) in [6.45, 7) is 12.6. The maximum Gasteiger partial charge on any atom is 0.246 e. The summed E-state index contributed by atoms with van der Waals surface area (Å²) in [4.78, 5) is 73.1. The third-order valence-electron chi connectivity index (χ3n) is 19.7. The Morgan fingerprint density at radius 1 is 0.673 bits per heavy atom. The topological polar surface area (TPSA) is 263 Å². The molecule has 1 saturated carbocycles. The number of nitrogens with zero attached hydrogens (tertiary/aromatic N) is 6. The average Bonchev–Trinajstić information content (AvgIpc) is 1.63. The SMILES string of the molecule is CNC(C)C(=O)NC(C(=O)N1CC(NC(=O)COCCOCCOCCOCCOCCOCCN2CCN(CCCOc3ccc(-c4cnc5cccc(-c6cc(F)c(CN7CCS(=O)(=O)CC7)c(F)c6)c5n4)cc3OC)CC2)CC1C(=O)NC1CCCc2ccccc21)C1CCCCC1. The van der Waals surface area contributed by atoms with E-state index in [1.165, 1.54) is 17.7 Å². The second-order valence-corrected chi connectivity index (χ2v) is 29.0. The molecule has 0 bridgehead atoms. The van der Waals surface area contributed by atoms with Crippen LogP contribution >= 0.6 is 0 Å². The van der Waals surface area contributed by atoms with Crippen molar-refractivity contribution in [1.82, 2.24) is 50.8 Å². The zero-order valence-electron chi connectivity index (χ0n) is 58.8. The molecule has 1 aromatic heterocycles. The Morgan fingerprint density at radius 2 is 1.33 bits per heavy atom. The van der Waals surface area contributed by atoms with Gasteiger partial charge in [-0.05, 0) is 118 Å². The fourth-order valence-corrected chi connectivity index (χ4v) is 15.1. The lowest BCUT2D eigenvalue weighted by Gasteiger charge is -2.35. The van der Waals surface area contributed by atoms with E-state index in [0.717, 1.165) is 108 Å². The third-order valence-corrected chi connectivity index (χ3v) is 21.3. The summed E-state index contributed by atoms with van der Waals surface area (Å²) in [5.74, 6) is -1.59. The van der Waals surface area contributed by atoms with Crippen LogP contribution in [-0.2, 0) is 70.4 Å². The van der Waals surface area contributed by atoms with E-state index in [1.54, 1.807) is 55.3 Å². The number of sulfone groups is 1. The van der Waals surface area contributed by atoms with Crippen LogP contribution in [0.1, 0.15) is 87.4 Å². The van der Waals surface area contributed by atoms with Gasteiger partial charge < -0.3 is 69.0 Å². The number of likely N-dealkylation sites (tertiary alicyclic amines) is 1. The molecule has 10 rings (SSSR count). The lowest BCUT2D eigenvalue weighted by atomic mass is 9.83. The number of methoxy groups -OCH3 is 1. The van der Waals surface area contributed by atoms with E-state index in [-0.39, 0.29) is 105 Å². The van der Waals surface area contributed by atoms with E-state index in [0.29, 0.717) is 105 Å². The minimum Gasteiger partial charge on any atom is -0.493 e. The molecule has 3 saturated heterocycles. The number of carbonyl (C=O) groups is 4. The molecular formula is C74H102F2N10O14S. The summed E-state index contributed by atoms with van der Waals surface area (Å²) in [6.07, 6.45) is 10.0. The van der Waals surface area contributed by atoms with Crippen LogP contribution in [0.4, 0.5) is 8.78 Å². The van der Waals surface area contributed by atoms with E-state index in [2.05, 4.69) is 48.2 Å². The second kappa shape index (κ2) is 39.1. The zero-order valence-corrected chi connectivity index (χ0v) is 59.6. The number of nitrogens with one attached hydrogen (secondary N) is 4. The number of amides is 4. The Kier molecular flexibility index (Phi) is 29.7. The van der Waals surface area contributed by atoms with Crippen LogP contribution in [0.15, 0.2) is 79.0 Å². The highest BCUT2D eigenvalue weighted by molar-refractivity contribution is 7.91. The van der Waals surface area contributed by atoms with Crippen LogP contribution in [0, 0.1) is 17.6 Å². The van der Waals surface area contributed by atoms with Gasteiger partial charge in [0.25, 0.3) is 0 Å². The molecule has 4 aromatic carbocycles. The number of benzene rings is 4. The highest BCUT2D eigenvalue weighted by Gasteiger charge is 2.45. The molecule has 2 aliphatic carbocycles. The van der Waals surface area contributed by atoms with Crippen molar-refractivity contribution in [1.29, 1.82) is 0 Å². The first-order valence-corrected chi connectivity index (χ1v) is 37.8. The maximum absolute atomic E-state index is 15.6. The van der Waals surface area contributed by atoms with Crippen LogP contribution in [0.5, 0.6) is 11.5 Å². The molecule has 0 spiro atoms. The Balaban J connectivity index is 0.530. The second-order valence-electron chi connectivity index (χ2n) is 26.7. The molecule has 4 fully saturated rings. The summed E-state index contributed by atoms with van der Waals surface area (Å²) < 4.78 is 101. The van der Waals surface area contributed by atoms with E-state index in [4.69, 9.17) is 42.9 Å². The van der Waals surface area contributed by atoms with Gasteiger partial charge in [-0.15, -0.1) is 0 Å². The van der Waals surface area contributed by atoms with E-state index in [1.807, 2.05) is 30.3 Å². The molecule has 4 amide bonds. The predicted molar refractivity (Wildman–Crippen MR) is 378 cm³/mol. The number of aromatic nitrogens is 2. The number of piperazine rings is 1. The lowest BCUT2D eigenvalue weighted by Crippen LogP contribution is -2.58. The molecule has 5 aliphatic rings. The van der Waals surface area contributed by atoms with Gasteiger partial charge in [-0.3, -0.25) is 34.0 Å². The highest BCUT2D eigenvalue weighted by Crippen LogP contribution is 2.36. The number of para-hydroxylation sites is 1. The standard InChI is InChI=1S/C74H102F2N10O14S/c1-52(77-2)72(88)82-70(54-13-5-4-6-14-54)74(90)86-49-57(47-66(86)73(89)81-63-18-9-15-53-12-7-8-16-58(53)63)79-69(87)51-99-41-40-98-39-38-97-37-36-96-35-34-95-33-32-94-31-27-84-25-23-83(24-26-84)22-11-30-100-67-21-20-55(46-68(67)93-3)65-48-78-64-19-10-17-59(71(64)80-65)56-44-61(75)60(62(76)45-56)50-85-28-42-101(91,92)43-29-85/h7-8,10,12,16-17,19-21,44-46,48,52,54,57,63,66,70,77H,4-6,9,11,13-15,18,22-43,47,49-51H2,1-3H3,(H,79,87)(H,81,89)(H,82,88). The first kappa shape index (κ1) is 76.7. The van der Waals surface area contributed by atoms with Crippen molar-refractivity contribution in [3.63, 3.8) is 0 Å². The third kappa shape index (κ3) is 22.6. The van der Waals surface area contributed by atoms with Crippen LogP contribution in [0.25, 0.3) is 33.4 Å². The maximum atomic E-state index is 15.6. The van der Waals surface area contributed by atoms with Crippen molar-refractivity contribution in [2.45, 2.75) is 108 Å². The monoisotopic (exact) mass is 1420 g/mol. The summed E-state index contributed by atoms with van der Waals surface area (Å²) in [7, 11) is 0.158. The van der Waals surface area contributed by atoms with Gasteiger partial charge in [-0.2, -0.15) is 0 Å².